The molecule has 0 spiro atoms. The van der Waals surface area contributed by atoms with Gasteiger partial charge in [0.2, 0.25) is 0 Å². The van der Waals surface area contributed by atoms with Gasteiger partial charge in [0.25, 0.3) is 11.1 Å². The van der Waals surface area contributed by atoms with E-state index < -0.39 is 34.6 Å². The van der Waals surface area contributed by atoms with Crippen LogP contribution in [-0.4, -0.2) is 37.2 Å². The Balaban J connectivity index is 1.94. The highest BCUT2D eigenvalue weighted by Crippen LogP contribution is 2.48. The first kappa shape index (κ1) is 23.7. The molecule has 2 aromatic carbocycles. The Morgan fingerprint density at radius 3 is 2.53 bits per heavy atom. The van der Waals surface area contributed by atoms with E-state index in [1.165, 1.54) is 31.4 Å². The van der Waals surface area contributed by atoms with E-state index in [-0.39, 0.29) is 28.2 Å². The summed E-state index contributed by atoms with van der Waals surface area (Å²) in [5, 5.41) is 1.57. The number of carbonyl (C=O) groups excluding carboxylic acids is 3. The molecule has 2 amide bonds. The molecule has 4 rings (SSSR count). The molecule has 2 aliphatic heterocycles. The number of halogens is 3. The molecular formula is C23H18F3NO6S. The van der Waals surface area contributed by atoms with Gasteiger partial charge in [0.15, 0.2) is 0 Å². The van der Waals surface area contributed by atoms with Crippen LogP contribution in [0.1, 0.15) is 35.3 Å². The molecule has 11 heteroatoms. The molecule has 178 valence electrons. The summed E-state index contributed by atoms with van der Waals surface area (Å²) in [7, 11) is 1.20. The minimum atomic E-state index is -4.98. The number of ether oxygens (including phenoxy) is 3. The molecule has 0 unspecified atom stereocenters. The molecule has 0 aliphatic carbocycles. The summed E-state index contributed by atoms with van der Waals surface area (Å²) in [6, 6.07) is 6.77. The van der Waals surface area contributed by atoms with Crippen molar-refractivity contribution in [2.45, 2.75) is 25.6 Å². The average molecular weight is 493 g/mol. The Morgan fingerprint density at radius 2 is 1.91 bits per heavy atom. The molecule has 34 heavy (non-hydrogen) atoms. The lowest BCUT2D eigenvalue weighted by Crippen LogP contribution is -2.18. The maximum atomic E-state index is 13.2. The number of benzene rings is 2. The maximum absolute atomic E-state index is 13.2. The summed E-state index contributed by atoms with van der Waals surface area (Å²) in [4.78, 5) is 35.8. The lowest BCUT2D eigenvalue weighted by Gasteiger charge is -2.19. The van der Waals surface area contributed by atoms with Gasteiger partial charge in [-0.15, -0.1) is 13.2 Å². The van der Waals surface area contributed by atoms with Crippen LogP contribution in [0.25, 0.3) is 17.2 Å². The fraction of sp³-hybridized carbons (Fsp3) is 0.261. The van der Waals surface area contributed by atoms with Crippen LogP contribution in [0.15, 0.2) is 35.2 Å². The van der Waals surface area contributed by atoms with E-state index in [0.717, 1.165) is 6.07 Å². The number of hydrogen-bond acceptors (Lipinski definition) is 7. The van der Waals surface area contributed by atoms with Crippen molar-refractivity contribution in [2.75, 3.05) is 13.7 Å². The predicted molar refractivity (Wildman–Crippen MR) is 118 cm³/mol. The summed E-state index contributed by atoms with van der Waals surface area (Å²) >= 11 is 0.678. The highest BCUT2D eigenvalue weighted by molar-refractivity contribution is 8.18. The number of amides is 2. The topological polar surface area (TPSA) is 90.9 Å². The summed E-state index contributed by atoms with van der Waals surface area (Å²) in [6.45, 7) is 4.01. The van der Waals surface area contributed by atoms with Gasteiger partial charge in [0.05, 0.1) is 24.2 Å². The standard InChI is InChI=1S/C23H18F3NO6S/c1-22(2)10-32-18-14(8-12(9-15(18)22)20(29)31-3)13-6-11(4-5-16(13)33-23(24,25)26)7-17-19(28)27-21(30)34-17/h4-9H,10H2,1-3H3,(H,27,28,30). The van der Waals surface area contributed by atoms with Crippen LogP contribution >= 0.6 is 11.8 Å². The van der Waals surface area contributed by atoms with Gasteiger partial charge in [-0.05, 0) is 47.7 Å². The Hall–Kier alpha value is -3.47. The second-order valence-electron chi connectivity index (χ2n) is 8.22. The third-order valence-electron chi connectivity index (χ3n) is 5.28. The lowest BCUT2D eigenvalue weighted by molar-refractivity contribution is -0.274. The van der Waals surface area contributed by atoms with E-state index in [4.69, 9.17) is 9.47 Å². The molecule has 0 saturated carbocycles. The first-order valence-electron chi connectivity index (χ1n) is 9.92. The number of fused-ring (bicyclic) bond motifs is 1. The number of methoxy groups -OCH3 is 1. The van der Waals surface area contributed by atoms with E-state index in [1.807, 2.05) is 13.8 Å². The molecule has 2 heterocycles. The number of nitrogens with one attached hydrogen (secondary N) is 1. The SMILES string of the molecule is COC(=O)c1cc(-c2cc(C=C3SC(=O)NC3=O)ccc2OC(F)(F)F)c2c(c1)C(C)(C)CO2. The first-order valence-corrected chi connectivity index (χ1v) is 10.7. The van der Waals surface area contributed by atoms with Gasteiger partial charge in [-0.3, -0.25) is 14.9 Å². The van der Waals surface area contributed by atoms with Gasteiger partial charge in [0.1, 0.15) is 11.5 Å². The highest BCUT2D eigenvalue weighted by atomic mass is 32.2. The monoisotopic (exact) mass is 493 g/mol. The first-order chi connectivity index (χ1) is 15.9. The summed E-state index contributed by atoms with van der Waals surface area (Å²) in [5.41, 5.74) is 0.767. The molecule has 0 radical (unpaired) electrons. The van der Waals surface area contributed by atoms with E-state index in [2.05, 4.69) is 10.1 Å². The number of rotatable bonds is 4. The zero-order chi connectivity index (χ0) is 24.8. The van der Waals surface area contributed by atoms with Crippen LogP contribution in [0.3, 0.4) is 0 Å². The van der Waals surface area contributed by atoms with Crippen molar-refractivity contribution < 1.29 is 41.8 Å². The second kappa shape index (κ2) is 8.39. The average Bonchev–Trinajstić information content (AvgIpc) is 3.24. The normalized spacial score (nSPS) is 17.9. The van der Waals surface area contributed by atoms with E-state index in [0.29, 0.717) is 28.6 Å². The van der Waals surface area contributed by atoms with E-state index in [1.54, 1.807) is 6.07 Å². The van der Waals surface area contributed by atoms with Crippen molar-refractivity contribution in [3.8, 4) is 22.6 Å². The molecule has 2 aromatic rings. The molecule has 1 N–H and O–H groups in total. The zero-order valence-electron chi connectivity index (χ0n) is 18.2. The van der Waals surface area contributed by atoms with Crippen molar-refractivity contribution in [3.05, 3.63) is 51.9 Å². The van der Waals surface area contributed by atoms with Crippen LogP contribution in [0.2, 0.25) is 0 Å². The molecular weight excluding hydrogens is 475 g/mol. The number of esters is 1. The van der Waals surface area contributed by atoms with Crippen LogP contribution in [-0.2, 0) is 14.9 Å². The minimum absolute atomic E-state index is 0.0129. The highest BCUT2D eigenvalue weighted by Gasteiger charge is 2.37. The van der Waals surface area contributed by atoms with Crippen LogP contribution in [0.4, 0.5) is 18.0 Å². The van der Waals surface area contributed by atoms with Crippen LogP contribution < -0.4 is 14.8 Å². The number of alkyl halides is 3. The van der Waals surface area contributed by atoms with Gasteiger partial charge in [-0.1, -0.05) is 19.9 Å². The van der Waals surface area contributed by atoms with Gasteiger partial charge >= 0.3 is 12.3 Å². The third kappa shape index (κ3) is 4.60. The van der Waals surface area contributed by atoms with Crippen LogP contribution in [0, 0.1) is 0 Å². The number of imide groups is 1. The molecule has 2 aliphatic rings. The van der Waals surface area contributed by atoms with Crippen molar-refractivity contribution in [2.24, 2.45) is 0 Å². The molecule has 7 nitrogen and oxygen atoms in total. The summed E-state index contributed by atoms with van der Waals surface area (Å²) in [5.74, 6) is -1.48. The van der Waals surface area contributed by atoms with Crippen molar-refractivity contribution in [1.29, 1.82) is 0 Å². The lowest BCUT2D eigenvalue weighted by atomic mass is 9.84. The van der Waals surface area contributed by atoms with Crippen molar-refractivity contribution in [3.63, 3.8) is 0 Å². The van der Waals surface area contributed by atoms with Crippen LogP contribution in [0.5, 0.6) is 11.5 Å². The zero-order valence-corrected chi connectivity index (χ0v) is 19.0. The number of thioether (sulfide) groups is 1. The molecule has 1 fully saturated rings. The molecule has 0 aromatic heterocycles. The molecule has 0 atom stereocenters. The Morgan fingerprint density at radius 1 is 1.18 bits per heavy atom. The number of hydrogen-bond donors (Lipinski definition) is 1. The largest absolute Gasteiger partial charge is 0.573 e. The predicted octanol–water partition coefficient (Wildman–Crippen LogP) is 5.03. The fourth-order valence-electron chi connectivity index (χ4n) is 3.69. The fourth-order valence-corrected chi connectivity index (χ4v) is 4.37. The van der Waals surface area contributed by atoms with Gasteiger partial charge < -0.3 is 14.2 Å². The van der Waals surface area contributed by atoms with Crippen molar-refractivity contribution in [1.82, 2.24) is 5.32 Å². The Kier molecular flexibility index (Phi) is 5.84. The summed E-state index contributed by atoms with van der Waals surface area (Å²) < 4.78 is 54.5. The Labute approximate surface area is 196 Å². The van der Waals surface area contributed by atoms with E-state index >= 15 is 0 Å². The second-order valence-corrected chi connectivity index (χ2v) is 9.24. The molecule has 1 saturated heterocycles. The maximum Gasteiger partial charge on any atom is 0.573 e. The summed E-state index contributed by atoms with van der Waals surface area (Å²) in [6.07, 6.45) is -3.60. The van der Waals surface area contributed by atoms with Gasteiger partial charge in [-0.2, -0.15) is 0 Å². The van der Waals surface area contributed by atoms with Crippen molar-refractivity contribution >= 4 is 35.0 Å². The van der Waals surface area contributed by atoms with E-state index in [9.17, 15) is 27.6 Å². The third-order valence-corrected chi connectivity index (χ3v) is 6.09. The minimum Gasteiger partial charge on any atom is -0.492 e. The van der Waals surface area contributed by atoms with Gasteiger partial charge in [0, 0.05) is 22.1 Å². The smallest absolute Gasteiger partial charge is 0.492 e. The van der Waals surface area contributed by atoms with Gasteiger partial charge in [-0.25, -0.2) is 4.79 Å². The number of carbonyl (C=O) groups is 3. The quantitative estimate of drug-likeness (QED) is 0.472. The Bertz CT molecular complexity index is 1250. The molecule has 0 bridgehead atoms.